The second-order valence-electron chi connectivity index (χ2n) is 7.63. The number of halogens is 3. The first-order valence-electron chi connectivity index (χ1n) is 9.96. The molecular weight excluding hydrogens is 435 g/mol. The number of carbonyl (C=O) groups is 1. The van der Waals surface area contributed by atoms with Gasteiger partial charge in [0, 0.05) is 17.7 Å². The van der Waals surface area contributed by atoms with Crippen LogP contribution in [0.1, 0.15) is 70.4 Å². The highest BCUT2D eigenvalue weighted by molar-refractivity contribution is 5.95. The monoisotopic (exact) mass is 451 g/mol. The Balaban J connectivity index is 1.65. The molecule has 0 saturated heterocycles. The maximum absolute atomic E-state index is 13.2. The number of rotatable bonds is 5. The van der Waals surface area contributed by atoms with E-state index in [-0.39, 0.29) is 17.0 Å². The van der Waals surface area contributed by atoms with Crippen LogP contribution in [0.3, 0.4) is 0 Å². The molecule has 2 heterocycles. The number of hydrogen-bond acceptors (Lipinski definition) is 6. The van der Waals surface area contributed by atoms with Crippen LogP contribution < -0.4 is 5.32 Å². The molecule has 1 aromatic carbocycles. The molecule has 166 valence electrons. The summed E-state index contributed by atoms with van der Waals surface area (Å²) in [4.78, 5) is 21.5. The number of benzene rings is 1. The first-order valence-corrected chi connectivity index (χ1v) is 9.96. The van der Waals surface area contributed by atoms with Crippen LogP contribution >= 0.6 is 0 Å². The van der Waals surface area contributed by atoms with Gasteiger partial charge in [0.15, 0.2) is 17.5 Å². The fourth-order valence-corrected chi connectivity index (χ4v) is 3.21. The Morgan fingerprint density at radius 2 is 1.91 bits per heavy atom. The van der Waals surface area contributed by atoms with Crippen molar-refractivity contribution < 1.29 is 18.0 Å². The van der Waals surface area contributed by atoms with Gasteiger partial charge in [0.2, 0.25) is 0 Å². The lowest BCUT2D eigenvalue weighted by molar-refractivity contribution is -0.137. The first-order chi connectivity index (χ1) is 15.7. The van der Waals surface area contributed by atoms with Crippen LogP contribution in [-0.2, 0) is 6.18 Å². The second kappa shape index (κ2) is 8.36. The van der Waals surface area contributed by atoms with Gasteiger partial charge in [-0.3, -0.25) is 4.79 Å². The van der Waals surface area contributed by atoms with Gasteiger partial charge < -0.3 is 5.32 Å². The summed E-state index contributed by atoms with van der Waals surface area (Å²) in [7, 11) is 0. The number of nitrogens with one attached hydrogen (secondary N) is 1. The number of aromatic nitrogens is 4. The Labute approximate surface area is 186 Å². The number of nitriles is 2. The smallest absolute Gasteiger partial charge is 0.342 e. The van der Waals surface area contributed by atoms with Crippen LogP contribution in [0.15, 0.2) is 36.5 Å². The molecule has 0 bridgehead atoms. The zero-order valence-corrected chi connectivity index (χ0v) is 17.3. The Morgan fingerprint density at radius 3 is 2.48 bits per heavy atom. The van der Waals surface area contributed by atoms with Crippen molar-refractivity contribution in [2.75, 3.05) is 0 Å². The van der Waals surface area contributed by atoms with Gasteiger partial charge in [0.25, 0.3) is 5.91 Å². The van der Waals surface area contributed by atoms with Crippen molar-refractivity contribution in [2.24, 2.45) is 0 Å². The lowest BCUT2D eigenvalue weighted by atomic mass is 10.0. The molecule has 1 aliphatic carbocycles. The molecule has 1 fully saturated rings. The van der Waals surface area contributed by atoms with Crippen LogP contribution in [0.2, 0.25) is 0 Å². The number of hydrogen-bond donors (Lipinski definition) is 1. The molecule has 33 heavy (non-hydrogen) atoms. The molecule has 1 amide bonds. The molecule has 0 spiro atoms. The first kappa shape index (κ1) is 22.0. The van der Waals surface area contributed by atoms with E-state index in [9.17, 15) is 18.0 Å². The Kier molecular flexibility index (Phi) is 5.56. The standard InChI is InChI=1S/C22H16F3N7O/c1-12(29-21(33)16-6-14(10-27)7-17(8-16)22(23,24)25)20-30-19(15-3-4-15)31-32(20)18-5-2-13(9-26)11-28-18/h2,5-8,11-12,15H,3-4H2,1H3,(H,29,33)/t12-/m0/s1. The third-order valence-electron chi connectivity index (χ3n) is 5.07. The molecule has 11 heteroatoms. The van der Waals surface area contributed by atoms with Gasteiger partial charge >= 0.3 is 6.18 Å². The second-order valence-corrected chi connectivity index (χ2v) is 7.63. The van der Waals surface area contributed by atoms with E-state index in [1.807, 2.05) is 6.07 Å². The van der Waals surface area contributed by atoms with Crippen LogP contribution in [0.25, 0.3) is 5.82 Å². The van der Waals surface area contributed by atoms with E-state index in [1.165, 1.54) is 10.9 Å². The van der Waals surface area contributed by atoms with Crippen molar-refractivity contribution in [3.63, 3.8) is 0 Å². The maximum atomic E-state index is 13.2. The average molecular weight is 451 g/mol. The predicted molar refractivity (Wildman–Crippen MR) is 108 cm³/mol. The Bertz CT molecular complexity index is 1300. The van der Waals surface area contributed by atoms with Crippen LogP contribution in [0.5, 0.6) is 0 Å². The maximum Gasteiger partial charge on any atom is 0.416 e. The highest BCUT2D eigenvalue weighted by Gasteiger charge is 2.33. The van der Waals surface area contributed by atoms with E-state index in [2.05, 4.69) is 20.4 Å². The van der Waals surface area contributed by atoms with Crippen LogP contribution in [0, 0.1) is 22.7 Å². The molecule has 1 aliphatic rings. The summed E-state index contributed by atoms with van der Waals surface area (Å²) in [5.74, 6) is 0.724. The average Bonchev–Trinajstić information content (AvgIpc) is 3.56. The summed E-state index contributed by atoms with van der Waals surface area (Å²) in [5.41, 5.74) is -1.29. The largest absolute Gasteiger partial charge is 0.416 e. The fraction of sp³-hybridized carbons (Fsp3) is 0.273. The summed E-state index contributed by atoms with van der Waals surface area (Å²) in [5, 5.41) is 25.2. The molecule has 0 aliphatic heterocycles. The minimum absolute atomic E-state index is 0.202. The topological polar surface area (TPSA) is 120 Å². The quantitative estimate of drug-likeness (QED) is 0.630. The molecule has 1 saturated carbocycles. The van der Waals surface area contributed by atoms with Gasteiger partial charge in [-0.25, -0.2) is 9.97 Å². The predicted octanol–water partition coefficient (Wildman–Crippen LogP) is 3.79. The molecule has 0 radical (unpaired) electrons. The highest BCUT2D eigenvalue weighted by Crippen LogP contribution is 2.38. The molecular formula is C22H16F3N7O. The third kappa shape index (κ3) is 4.67. The molecule has 8 nitrogen and oxygen atoms in total. The Hall–Kier alpha value is -4.25. The summed E-state index contributed by atoms with van der Waals surface area (Å²) in [6.45, 7) is 1.62. The van der Waals surface area contributed by atoms with Crippen molar-refractivity contribution >= 4 is 5.91 Å². The van der Waals surface area contributed by atoms with Gasteiger partial charge in [-0.2, -0.15) is 28.4 Å². The molecule has 1 atom stereocenters. The normalized spacial score (nSPS) is 14.2. The van der Waals surface area contributed by atoms with E-state index in [1.54, 1.807) is 25.1 Å². The molecule has 3 aromatic rings. The number of carbonyl (C=O) groups excluding carboxylic acids is 1. The summed E-state index contributed by atoms with van der Waals surface area (Å²) in [6.07, 6.45) is -1.45. The number of nitrogens with zero attached hydrogens (tertiary/aromatic N) is 6. The summed E-state index contributed by atoms with van der Waals surface area (Å²) in [6, 6.07) is 8.53. The SMILES string of the molecule is C[C@H](NC(=O)c1cc(C#N)cc(C(F)(F)F)c1)c1nc(C2CC2)nn1-c1ccc(C#N)cn1. The Morgan fingerprint density at radius 1 is 1.18 bits per heavy atom. The zero-order chi connectivity index (χ0) is 23.8. The van der Waals surface area contributed by atoms with Crippen molar-refractivity contribution in [2.45, 2.75) is 37.9 Å². The van der Waals surface area contributed by atoms with E-state index in [4.69, 9.17) is 10.5 Å². The van der Waals surface area contributed by atoms with Gasteiger partial charge in [-0.15, -0.1) is 5.10 Å². The number of amides is 1. The van der Waals surface area contributed by atoms with Crippen molar-refractivity contribution in [3.8, 4) is 18.0 Å². The van der Waals surface area contributed by atoms with Crippen LogP contribution in [-0.4, -0.2) is 25.7 Å². The minimum Gasteiger partial charge on any atom is -0.342 e. The van der Waals surface area contributed by atoms with Crippen molar-refractivity contribution in [1.82, 2.24) is 25.1 Å². The van der Waals surface area contributed by atoms with Crippen molar-refractivity contribution in [3.05, 3.63) is 70.4 Å². The van der Waals surface area contributed by atoms with E-state index < -0.39 is 23.7 Å². The fourth-order valence-electron chi connectivity index (χ4n) is 3.21. The molecule has 0 unspecified atom stereocenters. The minimum atomic E-state index is -4.70. The van der Waals surface area contributed by atoms with Crippen LogP contribution in [0.4, 0.5) is 13.2 Å². The lowest BCUT2D eigenvalue weighted by Crippen LogP contribution is -2.29. The molecule has 4 rings (SSSR count). The molecule has 1 N–H and O–H groups in total. The van der Waals surface area contributed by atoms with Gasteiger partial charge in [0.1, 0.15) is 6.07 Å². The van der Waals surface area contributed by atoms with E-state index in [0.717, 1.165) is 18.9 Å². The zero-order valence-electron chi connectivity index (χ0n) is 17.3. The number of pyridine rings is 1. The number of alkyl halides is 3. The third-order valence-corrected chi connectivity index (χ3v) is 5.07. The highest BCUT2D eigenvalue weighted by atomic mass is 19.4. The van der Waals surface area contributed by atoms with Crippen molar-refractivity contribution in [1.29, 1.82) is 10.5 Å². The summed E-state index contributed by atoms with van der Waals surface area (Å²) >= 11 is 0. The van der Waals surface area contributed by atoms with Gasteiger partial charge in [-0.05, 0) is 50.1 Å². The van der Waals surface area contributed by atoms with E-state index >= 15 is 0 Å². The van der Waals surface area contributed by atoms with Gasteiger partial charge in [-0.1, -0.05) is 0 Å². The molecule has 2 aromatic heterocycles. The summed E-state index contributed by atoms with van der Waals surface area (Å²) < 4.78 is 40.9. The van der Waals surface area contributed by atoms with Gasteiger partial charge in [0.05, 0.1) is 28.8 Å². The lowest BCUT2D eigenvalue weighted by Gasteiger charge is -2.15. The van der Waals surface area contributed by atoms with E-state index in [0.29, 0.717) is 35.2 Å².